The summed E-state index contributed by atoms with van der Waals surface area (Å²) in [6, 6.07) is 19.3. The molecular weight excluding hydrogens is 244 g/mol. The van der Waals surface area contributed by atoms with Gasteiger partial charge in [0.2, 0.25) is 0 Å². The van der Waals surface area contributed by atoms with E-state index in [4.69, 9.17) is 0 Å². The molecule has 0 saturated heterocycles. The van der Waals surface area contributed by atoms with Gasteiger partial charge in [0.05, 0.1) is 11.2 Å². The van der Waals surface area contributed by atoms with Gasteiger partial charge in [-0.05, 0) is 17.7 Å². The molecule has 0 N–H and O–H groups in total. The van der Waals surface area contributed by atoms with Crippen molar-refractivity contribution < 1.29 is 0 Å². The minimum atomic E-state index is 0.929. The summed E-state index contributed by atoms with van der Waals surface area (Å²) in [4.78, 5) is 4.65. The zero-order valence-corrected chi connectivity index (χ0v) is 10.9. The van der Waals surface area contributed by atoms with Gasteiger partial charge in [0.1, 0.15) is 0 Å². The highest BCUT2D eigenvalue weighted by molar-refractivity contribution is 6.12. The zero-order valence-electron chi connectivity index (χ0n) is 10.9. The molecule has 3 heterocycles. The lowest BCUT2D eigenvalue weighted by atomic mass is 9.99. The number of fused-ring (bicyclic) bond motifs is 5. The fourth-order valence-corrected chi connectivity index (χ4v) is 3.42. The Morgan fingerprint density at radius 1 is 0.850 bits per heavy atom. The molecule has 0 aliphatic carbocycles. The molecule has 1 aliphatic rings. The standard InChI is InChI=1S/C18H12N2/c1-2-6-13-12(5-1)11-20-16-8-4-3-7-14(16)15-9-10-19-17(13)18(15)20/h1-10H,11H2. The van der Waals surface area contributed by atoms with Crippen molar-refractivity contribution in [2.75, 3.05) is 0 Å². The minimum absolute atomic E-state index is 0.929. The molecule has 0 bridgehead atoms. The average molecular weight is 256 g/mol. The third-order valence-electron chi connectivity index (χ3n) is 4.28. The molecule has 0 fully saturated rings. The highest BCUT2D eigenvalue weighted by Crippen LogP contribution is 2.39. The van der Waals surface area contributed by atoms with Gasteiger partial charge in [-0.2, -0.15) is 0 Å². The number of nitrogens with zero attached hydrogens (tertiary/aromatic N) is 2. The molecule has 0 spiro atoms. The maximum atomic E-state index is 4.65. The van der Waals surface area contributed by atoms with Crippen molar-refractivity contribution in [1.29, 1.82) is 0 Å². The van der Waals surface area contributed by atoms with Gasteiger partial charge < -0.3 is 4.57 Å². The van der Waals surface area contributed by atoms with Gasteiger partial charge in [0, 0.05) is 34.6 Å². The van der Waals surface area contributed by atoms with E-state index in [1.165, 1.54) is 32.9 Å². The molecule has 0 amide bonds. The molecule has 0 atom stereocenters. The monoisotopic (exact) mass is 256 g/mol. The molecule has 4 aromatic rings. The predicted molar refractivity (Wildman–Crippen MR) is 81.8 cm³/mol. The Bertz CT molecular complexity index is 979. The number of aromatic nitrogens is 2. The molecular formula is C18H12N2. The van der Waals surface area contributed by atoms with Crippen LogP contribution in [0.25, 0.3) is 33.1 Å². The van der Waals surface area contributed by atoms with E-state index in [0.29, 0.717) is 0 Å². The summed E-state index contributed by atoms with van der Waals surface area (Å²) >= 11 is 0. The van der Waals surface area contributed by atoms with Crippen molar-refractivity contribution in [3.8, 4) is 11.3 Å². The van der Waals surface area contributed by atoms with Gasteiger partial charge in [0.25, 0.3) is 0 Å². The largest absolute Gasteiger partial charge is 0.334 e. The fraction of sp³-hybridized carbons (Fsp3) is 0.0556. The summed E-state index contributed by atoms with van der Waals surface area (Å²) in [6.45, 7) is 0.929. The molecule has 2 aromatic heterocycles. The van der Waals surface area contributed by atoms with Crippen molar-refractivity contribution in [2.45, 2.75) is 6.54 Å². The topological polar surface area (TPSA) is 17.8 Å². The third-order valence-corrected chi connectivity index (χ3v) is 4.28. The van der Waals surface area contributed by atoms with Crippen molar-refractivity contribution in [2.24, 2.45) is 0 Å². The average Bonchev–Trinajstić information content (AvgIpc) is 2.84. The van der Waals surface area contributed by atoms with Crippen molar-refractivity contribution in [3.63, 3.8) is 0 Å². The maximum absolute atomic E-state index is 4.65. The Balaban J connectivity index is 2.07. The van der Waals surface area contributed by atoms with Gasteiger partial charge in [-0.15, -0.1) is 0 Å². The quantitative estimate of drug-likeness (QED) is 0.405. The molecule has 0 radical (unpaired) electrons. The van der Waals surface area contributed by atoms with E-state index < -0.39 is 0 Å². The van der Waals surface area contributed by atoms with Crippen LogP contribution in [0.5, 0.6) is 0 Å². The fourth-order valence-electron chi connectivity index (χ4n) is 3.42. The van der Waals surface area contributed by atoms with Crippen LogP contribution >= 0.6 is 0 Å². The predicted octanol–water partition coefficient (Wildman–Crippen LogP) is 4.22. The van der Waals surface area contributed by atoms with Crippen molar-refractivity contribution in [3.05, 3.63) is 66.4 Å². The van der Waals surface area contributed by atoms with Gasteiger partial charge in [-0.3, -0.25) is 4.98 Å². The van der Waals surface area contributed by atoms with E-state index >= 15 is 0 Å². The first kappa shape index (κ1) is 10.2. The van der Waals surface area contributed by atoms with Crippen LogP contribution in [0.3, 0.4) is 0 Å². The number of para-hydroxylation sites is 1. The first-order valence-electron chi connectivity index (χ1n) is 6.88. The van der Waals surface area contributed by atoms with Crippen LogP contribution in [0, 0.1) is 0 Å². The molecule has 20 heavy (non-hydrogen) atoms. The summed E-state index contributed by atoms with van der Waals surface area (Å²) in [5, 5.41) is 2.62. The Hall–Kier alpha value is -2.61. The van der Waals surface area contributed by atoms with Crippen LogP contribution in [0.15, 0.2) is 60.8 Å². The van der Waals surface area contributed by atoms with Gasteiger partial charge >= 0.3 is 0 Å². The lowest BCUT2D eigenvalue weighted by molar-refractivity contribution is 0.856. The molecule has 2 heteroatoms. The Morgan fingerprint density at radius 3 is 2.70 bits per heavy atom. The summed E-state index contributed by atoms with van der Waals surface area (Å²) < 4.78 is 2.40. The summed E-state index contributed by atoms with van der Waals surface area (Å²) in [5.41, 5.74) is 6.30. The molecule has 94 valence electrons. The van der Waals surface area contributed by atoms with E-state index in [0.717, 1.165) is 12.2 Å². The Labute approximate surface area is 116 Å². The van der Waals surface area contributed by atoms with Crippen LogP contribution in [0.1, 0.15) is 5.56 Å². The second kappa shape index (κ2) is 3.48. The van der Waals surface area contributed by atoms with E-state index in [1.54, 1.807) is 0 Å². The highest BCUT2D eigenvalue weighted by atomic mass is 15.0. The summed E-state index contributed by atoms with van der Waals surface area (Å²) in [6.07, 6.45) is 1.93. The van der Waals surface area contributed by atoms with E-state index in [1.807, 2.05) is 6.20 Å². The first-order valence-corrected chi connectivity index (χ1v) is 6.88. The SMILES string of the molecule is c1ccc2c(c1)Cn1c3ccccc3c3ccnc-2c31. The van der Waals surface area contributed by atoms with E-state index in [9.17, 15) is 0 Å². The lowest BCUT2D eigenvalue weighted by Gasteiger charge is -2.19. The first-order chi connectivity index (χ1) is 9.93. The van der Waals surface area contributed by atoms with Crippen LogP contribution in [0.2, 0.25) is 0 Å². The number of rotatable bonds is 0. The van der Waals surface area contributed by atoms with Crippen molar-refractivity contribution >= 4 is 21.8 Å². The van der Waals surface area contributed by atoms with Gasteiger partial charge in [0.15, 0.2) is 0 Å². The number of pyridine rings is 1. The maximum Gasteiger partial charge on any atom is 0.0948 e. The lowest BCUT2D eigenvalue weighted by Crippen LogP contribution is -2.07. The van der Waals surface area contributed by atoms with Crippen LogP contribution in [-0.2, 0) is 6.54 Å². The Morgan fingerprint density at radius 2 is 1.70 bits per heavy atom. The van der Waals surface area contributed by atoms with Crippen LogP contribution < -0.4 is 0 Å². The molecule has 0 saturated carbocycles. The van der Waals surface area contributed by atoms with Gasteiger partial charge in [-0.1, -0.05) is 42.5 Å². The molecule has 2 aromatic carbocycles. The zero-order chi connectivity index (χ0) is 13.1. The summed E-state index contributed by atoms with van der Waals surface area (Å²) in [7, 11) is 0. The third kappa shape index (κ3) is 1.12. The van der Waals surface area contributed by atoms with Gasteiger partial charge in [-0.25, -0.2) is 0 Å². The normalized spacial score (nSPS) is 12.8. The molecule has 5 rings (SSSR count). The molecule has 2 nitrogen and oxygen atoms in total. The minimum Gasteiger partial charge on any atom is -0.334 e. The Kier molecular flexibility index (Phi) is 1.78. The smallest absolute Gasteiger partial charge is 0.0948 e. The second-order valence-electron chi connectivity index (χ2n) is 5.32. The molecule has 1 aliphatic heterocycles. The number of hydrogen-bond acceptors (Lipinski definition) is 1. The van der Waals surface area contributed by atoms with E-state index in [2.05, 4.69) is 64.1 Å². The van der Waals surface area contributed by atoms with Crippen LogP contribution in [-0.4, -0.2) is 9.55 Å². The second-order valence-corrected chi connectivity index (χ2v) is 5.32. The number of hydrogen-bond donors (Lipinski definition) is 0. The van der Waals surface area contributed by atoms with E-state index in [-0.39, 0.29) is 0 Å². The molecule has 0 unspecified atom stereocenters. The van der Waals surface area contributed by atoms with Crippen molar-refractivity contribution in [1.82, 2.24) is 9.55 Å². The highest BCUT2D eigenvalue weighted by Gasteiger charge is 2.21. The summed E-state index contributed by atoms with van der Waals surface area (Å²) in [5.74, 6) is 0. The number of benzene rings is 2. The van der Waals surface area contributed by atoms with Crippen LogP contribution in [0.4, 0.5) is 0 Å².